The quantitative estimate of drug-likeness (QED) is 0.786. The van der Waals surface area contributed by atoms with E-state index >= 15 is 0 Å². The molecular formula is C13H15N3. The van der Waals surface area contributed by atoms with Crippen LogP contribution in [0.15, 0.2) is 18.2 Å². The minimum absolute atomic E-state index is 0.663. The molecule has 0 N–H and O–H groups in total. The molecule has 1 heterocycles. The summed E-state index contributed by atoms with van der Waals surface area (Å²) in [5.41, 5.74) is 2.54. The van der Waals surface area contributed by atoms with Crippen LogP contribution in [-0.4, -0.2) is 9.55 Å². The molecule has 0 atom stereocenters. The van der Waals surface area contributed by atoms with Crippen molar-refractivity contribution in [3.05, 3.63) is 29.6 Å². The van der Waals surface area contributed by atoms with Crippen molar-refractivity contribution >= 4 is 11.0 Å². The Kier molecular flexibility index (Phi) is 2.91. The highest BCUT2D eigenvalue weighted by Crippen LogP contribution is 2.19. The third-order valence-corrected chi connectivity index (χ3v) is 2.88. The molecule has 0 bridgehead atoms. The monoisotopic (exact) mass is 213 g/mol. The van der Waals surface area contributed by atoms with Crippen LogP contribution in [0.1, 0.15) is 31.2 Å². The maximum atomic E-state index is 9.01. The summed E-state index contributed by atoms with van der Waals surface area (Å²) in [5, 5.41) is 9.01. The summed E-state index contributed by atoms with van der Waals surface area (Å²) < 4.78 is 2.09. The van der Waals surface area contributed by atoms with Crippen LogP contribution in [0.25, 0.3) is 11.0 Å². The predicted molar refractivity (Wildman–Crippen MR) is 64.0 cm³/mol. The maximum absolute atomic E-state index is 9.01. The Morgan fingerprint density at radius 1 is 1.44 bits per heavy atom. The molecule has 0 spiro atoms. The molecule has 3 heteroatoms. The molecule has 0 radical (unpaired) electrons. The molecule has 0 aliphatic heterocycles. The number of fused-ring (bicyclic) bond motifs is 1. The molecule has 0 fully saturated rings. The van der Waals surface area contributed by atoms with Gasteiger partial charge in [0, 0.05) is 13.5 Å². The third-order valence-electron chi connectivity index (χ3n) is 2.88. The predicted octanol–water partition coefficient (Wildman–Crippen LogP) is 2.79. The lowest BCUT2D eigenvalue weighted by molar-refractivity contribution is 0.720. The number of nitriles is 1. The molecule has 1 aromatic heterocycles. The largest absolute Gasteiger partial charge is 0.331 e. The van der Waals surface area contributed by atoms with Gasteiger partial charge in [0.25, 0.3) is 0 Å². The fraction of sp³-hybridized carbons (Fsp3) is 0.385. The van der Waals surface area contributed by atoms with Crippen LogP contribution in [0.4, 0.5) is 0 Å². The second-order valence-corrected chi connectivity index (χ2v) is 3.98. The number of aryl methyl sites for hydroxylation is 2. The fourth-order valence-corrected chi connectivity index (χ4v) is 1.91. The zero-order chi connectivity index (χ0) is 11.5. The van der Waals surface area contributed by atoms with E-state index in [1.807, 2.05) is 25.2 Å². The lowest BCUT2D eigenvalue weighted by atomic mass is 10.2. The van der Waals surface area contributed by atoms with Crippen molar-refractivity contribution in [2.75, 3.05) is 0 Å². The van der Waals surface area contributed by atoms with Crippen molar-refractivity contribution in [3.8, 4) is 6.07 Å². The van der Waals surface area contributed by atoms with Gasteiger partial charge in [0.05, 0.1) is 11.1 Å². The third kappa shape index (κ3) is 1.67. The second kappa shape index (κ2) is 4.36. The minimum atomic E-state index is 0.663. The van der Waals surface area contributed by atoms with Crippen molar-refractivity contribution in [3.63, 3.8) is 0 Å². The van der Waals surface area contributed by atoms with Crippen molar-refractivity contribution < 1.29 is 0 Å². The summed E-state index contributed by atoms with van der Waals surface area (Å²) >= 11 is 0. The second-order valence-electron chi connectivity index (χ2n) is 3.98. The summed E-state index contributed by atoms with van der Waals surface area (Å²) in [5.74, 6) is 1.07. The first kappa shape index (κ1) is 10.7. The minimum Gasteiger partial charge on any atom is -0.331 e. The van der Waals surface area contributed by atoms with Crippen molar-refractivity contribution in [1.82, 2.24) is 9.55 Å². The van der Waals surface area contributed by atoms with Gasteiger partial charge in [0.15, 0.2) is 0 Å². The summed E-state index contributed by atoms with van der Waals surface area (Å²) in [6, 6.07) is 7.93. The summed E-state index contributed by atoms with van der Waals surface area (Å²) in [7, 11) is 2.02. The van der Waals surface area contributed by atoms with Gasteiger partial charge in [-0.1, -0.05) is 19.4 Å². The van der Waals surface area contributed by atoms with Crippen LogP contribution in [0.5, 0.6) is 0 Å². The summed E-state index contributed by atoms with van der Waals surface area (Å²) in [6.45, 7) is 2.17. The highest BCUT2D eigenvalue weighted by molar-refractivity contribution is 5.82. The van der Waals surface area contributed by atoms with E-state index in [1.54, 1.807) is 0 Å². The topological polar surface area (TPSA) is 41.6 Å². The molecule has 0 aliphatic rings. The number of aromatic nitrogens is 2. The molecule has 0 aliphatic carbocycles. The van der Waals surface area contributed by atoms with Crippen LogP contribution in [0, 0.1) is 11.3 Å². The molecule has 16 heavy (non-hydrogen) atoms. The van der Waals surface area contributed by atoms with E-state index in [2.05, 4.69) is 22.5 Å². The summed E-state index contributed by atoms with van der Waals surface area (Å²) in [4.78, 5) is 4.56. The van der Waals surface area contributed by atoms with E-state index in [4.69, 9.17) is 5.26 Å². The zero-order valence-corrected chi connectivity index (χ0v) is 9.70. The number of unbranched alkanes of at least 4 members (excludes halogenated alkanes) is 1. The molecule has 2 aromatic rings. The number of benzene rings is 1. The molecule has 82 valence electrons. The van der Waals surface area contributed by atoms with Crippen molar-refractivity contribution in [2.24, 2.45) is 7.05 Å². The number of imidazole rings is 1. The van der Waals surface area contributed by atoms with E-state index in [0.717, 1.165) is 36.1 Å². The molecule has 2 rings (SSSR count). The standard InChI is InChI=1S/C13H15N3/c1-3-4-8-12-15-13-10(9-14)6-5-7-11(13)16(12)2/h5-7H,3-4,8H2,1-2H3. The average molecular weight is 213 g/mol. The Balaban J connectivity index is 2.55. The smallest absolute Gasteiger partial charge is 0.109 e. The van der Waals surface area contributed by atoms with Gasteiger partial charge >= 0.3 is 0 Å². The summed E-state index contributed by atoms with van der Waals surface area (Å²) in [6.07, 6.45) is 3.28. The first-order valence-electron chi connectivity index (χ1n) is 5.62. The van der Waals surface area contributed by atoms with Gasteiger partial charge in [-0.2, -0.15) is 5.26 Å². The van der Waals surface area contributed by atoms with Gasteiger partial charge in [-0.3, -0.25) is 0 Å². The lowest BCUT2D eigenvalue weighted by Crippen LogP contribution is -1.97. The molecule has 0 unspecified atom stereocenters. The van der Waals surface area contributed by atoms with Crippen LogP contribution < -0.4 is 0 Å². The van der Waals surface area contributed by atoms with E-state index < -0.39 is 0 Å². The Hall–Kier alpha value is -1.82. The number of nitrogens with zero attached hydrogens (tertiary/aromatic N) is 3. The number of hydrogen-bond acceptors (Lipinski definition) is 2. The number of rotatable bonds is 3. The molecule has 1 aromatic carbocycles. The van der Waals surface area contributed by atoms with E-state index in [0.29, 0.717) is 5.56 Å². The normalized spacial score (nSPS) is 10.6. The Morgan fingerprint density at radius 2 is 2.25 bits per heavy atom. The van der Waals surface area contributed by atoms with Gasteiger partial charge < -0.3 is 4.57 Å². The van der Waals surface area contributed by atoms with Gasteiger partial charge in [0.2, 0.25) is 0 Å². The Morgan fingerprint density at radius 3 is 2.94 bits per heavy atom. The van der Waals surface area contributed by atoms with Crippen LogP contribution in [0.2, 0.25) is 0 Å². The molecule has 0 amide bonds. The van der Waals surface area contributed by atoms with Crippen LogP contribution in [0.3, 0.4) is 0 Å². The number of hydrogen-bond donors (Lipinski definition) is 0. The van der Waals surface area contributed by atoms with Crippen LogP contribution in [-0.2, 0) is 13.5 Å². The molecule has 0 saturated carbocycles. The van der Waals surface area contributed by atoms with Gasteiger partial charge in [-0.25, -0.2) is 4.98 Å². The fourth-order valence-electron chi connectivity index (χ4n) is 1.91. The zero-order valence-electron chi connectivity index (χ0n) is 9.70. The first-order chi connectivity index (χ1) is 7.77. The highest BCUT2D eigenvalue weighted by Gasteiger charge is 2.09. The average Bonchev–Trinajstić information content (AvgIpc) is 2.64. The number of para-hydroxylation sites is 1. The molecule has 0 saturated heterocycles. The Labute approximate surface area is 95.3 Å². The molecule has 3 nitrogen and oxygen atoms in total. The molecular weight excluding hydrogens is 198 g/mol. The SMILES string of the molecule is CCCCc1nc2c(C#N)cccc2n1C. The Bertz CT molecular complexity index is 546. The lowest BCUT2D eigenvalue weighted by Gasteiger charge is -2.00. The van der Waals surface area contributed by atoms with Gasteiger partial charge in [-0.05, 0) is 18.6 Å². The van der Waals surface area contributed by atoms with E-state index in [9.17, 15) is 0 Å². The van der Waals surface area contributed by atoms with Crippen molar-refractivity contribution in [2.45, 2.75) is 26.2 Å². The maximum Gasteiger partial charge on any atom is 0.109 e. The van der Waals surface area contributed by atoms with E-state index in [1.165, 1.54) is 0 Å². The van der Waals surface area contributed by atoms with Gasteiger partial charge in [0.1, 0.15) is 17.4 Å². The van der Waals surface area contributed by atoms with Crippen molar-refractivity contribution in [1.29, 1.82) is 5.26 Å². The van der Waals surface area contributed by atoms with Crippen LogP contribution >= 0.6 is 0 Å². The highest BCUT2D eigenvalue weighted by atomic mass is 15.1. The van der Waals surface area contributed by atoms with E-state index in [-0.39, 0.29) is 0 Å². The van der Waals surface area contributed by atoms with Gasteiger partial charge in [-0.15, -0.1) is 0 Å². The first-order valence-corrected chi connectivity index (χ1v) is 5.62.